The van der Waals surface area contributed by atoms with Gasteiger partial charge in [-0.1, -0.05) is 0 Å². The highest BCUT2D eigenvalue weighted by Crippen LogP contribution is 2.58. The SMILES string of the molecule is COCCC1(CCOC)c2cc(C)sc2-c2sc(C)cc21. The van der Waals surface area contributed by atoms with Gasteiger partial charge < -0.3 is 9.47 Å². The molecule has 0 radical (unpaired) electrons. The fourth-order valence-corrected chi connectivity index (χ4v) is 5.82. The Morgan fingerprint density at radius 3 is 1.67 bits per heavy atom. The van der Waals surface area contributed by atoms with Gasteiger partial charge in [0.25, 0.3) is 0 Å². The summed E-state index contributed by atoms with van der Waals surface area (Å²) in [7, 11) is 3.58. The van der Waals surface area contributed by atoms with Gasteiger partial charge in [0.1, 0.15) is 0 Å². The molecule has 1 aliphatic carbocycles. The summed E-state index contributed by atoms with van der Waals surface area (Å²) < 4.78 is 10.8. The third-order valence-electron chi connectivity index (χ3n) is 4.41. The van der Waals surface area contributed by atoms with Crippen molar-refractivity contribution in [2.24, 2.45) is 0 Å². The molecule has 0 atom stereocenters. The van der Waals surface area contributed by atoms with Crippen LogP contribution < -0.4 is 0 Å². The molecule has 2 heterocycles. The Bertz CT molecular complexity index is 583. The molecule has 2 nitrogen and oxygen atoms in total. The fraction of sp³-hybridized carbons (Fsp3) is 0.529. The van der Waals surface area contributed by atoms with Gasteiger partial charge in [-0.15, -0.1) is 22.7 Å². The van der Waals surface area contributed by atoms with E-state index in [-0.39, 0.29) is 5.41 Å². The van der Waals surface area contributed by atoms with Crippen molar-refractivity contribution >= 4 is 22.7 Å². The number of fused-ring (bicyclic) bond motifs is 3. The van der Waals surface area contributed by atoms with Gasteiger partial charge in [-0.3, -0.25) is 0 Å². The Labute approximate surface area is 134 Å². The van der Waals surface area contributed by atoms with Crippen LogP contribution in [0.15, 0.2) is 12.1 Å². The minimum Gasteiger partial charge on any atom is -0.385 e. The monoisotopic (exact) mass is 322 g/mol. The number of hydrogen-bond acceptors (Lipinski definition) is 4. The number of aryl methyl sites for hydroxylation is 2. The summed E-state index contributed by atoms with van der Waals surface area (Å²) in [6.45, 7) is 5.99. The van der Waals surface area contributed by atoms with Crippen molar-refractivity contribution in [3.63, 3.8) is 0 Å². The zero-order valence-electron chi connectivity index (χ0n) is 13.1. The second-order valence-electron chi connectivity index (χ2n) is 5.77. The van der Waals surface area contributed by atoms with Crippen LogP contribution in [0.5, 0.6) is 0 Å². The smallest absolute Gasteiger partial charge is 0.0489 e. The molecule has 3 rings (SSSR count). The Morgan fingerprint density at radius 1 is 0.857 bits per heavy atom. The molecule has 0 bridgehead atoms. The molecule has 0 amide bonds. The first kappa shape index (κ1) is 15.2. The molecular formula is C17H22O2S2. The predicted octanol–water partition coefficient (Wildman–Crippen LogP) is 4.77. The highest BCUT2D eigenvalue weighted by Gasteiger charge is 2.45. The number of methoxy groups -OCH3 is 2. The van der Waals surface area contributed by atoms with Crippen molar-refractivity contribution in [2.75, 3.05) is 27.4 Å². The molecule has 4 heteroatoms. The molecule has 0 N–H and O–H groups in total. The van der Waals surface area contributed by atoms with Crippen LogP contribution in [-0.2, 0) is 14.9 Å². The van der Waals surface area contributed by atoms with E-state index in [0.29, 0.717) is 0 Å². The molecule has 0 fully saturated rings. The standard InChI is InChI=1S/C17H22O2S2/c1-11-9-13-15(20-11)16-14(10-12(2)21-16)17(13,5-7-18-3)6-8-19-4/h9-10H,5-8H2,1-4H3. The molecular weight excluding hydrogens is 300 g/mol. The first-order chi connectivity index (χ1) is 10.1. The van der Waals surface area contributed by atoms with Gasteiger partial charge in [-0.25, -0.2) is 0 Å². The first-order valence-corrected chi connectivity index (χ1v) is 8.96. The zero-order valence-corrected chi connectivity index (χ0v) is 14.7. The Morgan fingerprint density at radius 2 is 1.29 bits per heavy atom. The number of hydrogen-bond donors (Lipinski definition) is 0. The number of rotatable bonds is 6. The number of thiophene rings is 2. The van der Waals surface area contributed by atoms with Crippen molar-refractivity contribution in [2.45, 2.75) is 32.1 Å². The van der Waals surface area contributed by atoms with Crippen molar-refractivity contribution in [3.05, 3.63) is 33.0 Å². The molecule has 0 saturated carbocycles. The van der Waals surface area contributed by atoms with Crippen LogP contribution in [0.1, 0.15) is 33.7 Å². The summed E-state index contributed by atoms with van der Waals surface area (Å²) in [6, 6.07) is 4.76. The summed E-state index contributed by atoms with van der Waals surface area (Å²) in [5.74, 6) is 0. The van der Waals surface area contributed by atoms with E-state index in [9.17, 15) is 0 Å². The lowest BCUT2D eigenvalue weighted by molar-refractivity contribution is 0.145. The van der Waals surface area contributed by atoms with E-state index in [1.165, 1.54) is 30.6 Å². The maximum absolute atomic E-state index is 5.42. The highest BCUT2D eigenvalue weighted by molar-refractivity contribution is 7.22. The molecule has 2 aromatic heterocycles. The largest absolute Gasteiger partial charge is 0.385 e. The third kappa shape index (κ3) is 2.38. The first-order valence-electron chi connectivity index (χ1n) is 7.32. The Hall–Kier alpha value is -0.680. The molecule has 1 aliphatic rings. The maximum Gasteiger partial charge on any atom is 0.0489 e. The third-order valence-corrected chi connectivity index (χ3v) is 6.68. The molecule has 0 aromatic carbocycles. The molecule has 0 aliphatic heterocycles. The van der Waals surface area contributed by atoms with Gasteiger partial charge >= 0.3 is 0 Å². The van der Waals surface area contributed by atoms with Crippen molar-refractivity contribution < 1.29 is 9.47 Å². The summed E-state index contributed by atoms with van der Waals surface area (Å²) in [5, 5.41) is 0. The predicted molar refractivity (Wildman–Crippen MR) is 90.9 cm³/mol. The van der Waals surface area contributed by atoms with E-state index in [2.05, 4.69) is 26.0 Å². The quantitative estimate of drug-likeness (QED) is 0.763. The number of ether oxygens (including phenoxy) is 2. The second kappa shape index (κ2) is 5.84. The Kier molecular flexibility index (Phi) is 4.23. The van der Waals surface area contributed by atoms with Crippen LogP contribution in [0.2, 0.25) is 0 Å². The van der Waals surface area contributed by atoms with Crippen LogP contribution in [0, 0.1) is 13.8 Å². The average Bonchev–Trinajstić information content (AvgIpc) is 3.07. The lowest BCUT2D eigenvalue weighted by Crippen LogP contribution is -2.28. The van der Waals surface area contributed by atoms with E-state index in [1.807, 2.05) is 22.7 Å². The molecule has 21 heavy (non-hydrogen) atoms. The second-order valence-corrected chi connectivity index (χ2v) is 8.28. The van der Waals surface area contributed by atoms with E-state index in [0.717, 1.165) is 26.1 Å². The Balaban J connectivity index is 2.15. The van der Waals surface area contributed by atoms with Crippen molar-refractivity contribution in [1.82, 2.24) is 0 Å². The van der Waals surface area contributed by atoms with Gasteiger partial charge in [0, 0.05) is 52.4 Å². The topological polar surface area (TPSA) is 18.5 Å². The highest BCUT2D eigenvalue weighted by atomic mass is 32.1. The lowest BCUT2D eigenvalue weighted by atomic mass is 9.74. The van der Waals surface area contributed by atoms with Gasteiger partial charge in [0.2, 0.25) is 0 Å². The van der Waals surface area contributed by atoms with Gasteiger partial charge in [0.15, 0.2) is 0 Å². The molecule has 2 aromatic rings. The van der Waals surface area contributed by atoms with Gasteiger partial charge in [-0.05, 0) is 49.9 Å². The van der Waals surface area contributed by atoms with Crippen LogP contribution in [-0.4, -0.2) is 27.4 Å². The van der Waals surface area contributed by atoms with E-state index >= 15 is 0 Å². The maximum atomic E-state index is 5.42. The normalized spacial score (nSPS) is 15.2. The summed E-state index contributed by atoms with van der Waals surface area (Å²) in [5.41, 5.74) is 3.08. The van der Waals surface area contributed by atoms with E-state index in [4.69, 9.17) is 9.47 Å². The van der Waals surface area contributed by atoms with Gasteiger partial charge in [0.05, 0.1) is 0 Å². The van der Waals surface area contributed by atoms with E-state index < -0.39 is 0 Å². The van der Waals surface area contributed by atoms with Crippen LogP contribution in [0.4, 0.5) is 0 Å². The summed E-state index contributed by atoms with van der Waals surface area (Å²) in [6.07, 6.45) is 2.05. The van der Waals surface area contributed by atoms with Crippen molar-refractivity contribution in [3.8, 4) is 9.75 Å². The van der Waals surface area contributed by atoms with Gasteiger partial charge in [-0.2, -0.15) is 0 Å². The molecule has 0 spiro atoms. The minimum atomic E-state index is 0.0756. The van der Waals surface area contributed by atoms with Crippen LogP contribution in [0.3, 0.4) is 0 Å². The van der Waals surface area contributed by atoms with E-state index in [1.54, 1.807) is 14.2 Å². The summed E-state index contributed by atoms with van der Waals surface area (Å²) in [4.78, 5) is 5.76. The average molecular weight is 322 g/mol. The molecule has 0 saturated heterocycles. The fourth-order valence-electron chi connectivity index (χ4n) is 3.44. The minimum absolute atomic E-state index is 0.0756. The van der Waals surface area contributed by atoms with Crippen molar-refractivity contribution in [1.29, 1.82) is 0 Å². The molecule has 0 unspecified atom stereocenters. The lowest BCUT2D eigenvalue weighted by Gasteiger charge is -2.30. The van der Waals surface area contributed by atoms with Crippen LogP contribution >= 0.6 is 22.7 Å². The summed E-state index contributed by atoms with van der Waals surface area (Å²) >= 11 is 3.86. The zero-order chi connectivity index (χ0) is 15.0. The van der Waals surface area contributed by atoms with Crippen LogP contribution in [0.25, 0.3) is 9.75 Å². The molecule has 114 valence electrons.